The summed E-state index contributed by atoms with van der Waals surface area (Å²) in [6.45, 7) is 2.99. The number of amides is 1. The maximum atomic E-state index is 12.9. The maximum absolute atomic E-state index is 12.9. The Kier molecular flexibility index (Phi) is 7.43. The van der Waals surface area contributed by atoms with Crippen molar-refractivity contribution >= 4 is 45.9 Å². The largest absolute Gasteiger partial charge is 0.342 e. The first-order chi connectivity index (χ1) is 16.8. The summed E-state index contributed by atoms with van der Waals surface area (Å²) < 4.78 is 3.47. The van der Waals surface area contributed by atoms with Crippen molar-refractivity contribution in [2.24, 2.45) is 0 Å². The van der Waals surface area contributed by atoms with Crippen LogP contribution in [0.4, 0.5) is 0 Å². The van der Waals surface area contributed by atoms with E-state index in [1.165, 1.54) is 0 Å². The van der Waals surface area contributed by atoms with Crippen LogP contribution in [0.15, 0.2) is 66.7 Å². The first kappa shape index (κ1) is 24.8. The lowest BCUT2D eigenvalue weighted by Crippen LogP contribution is -2.30. The number of aryl methyl sites for hydroxylation is 2. The molecule has 35 heavy (non-hydrogen) atoms. The first-order valence-corrected chi connectivity index (χ1v) is 12.0. The third-order valence-corrected chi connectivity index (χ3v) is 6.58. The number of rotatable bonds is 8. The van der Waals surface area contributed by atoms with Gasteiger partial charge in [-0.25, -0.2) is 0 Å². The number of halogens is 2. The summed E-state index contributed by atoms with van der Waals surface area (Å²) in [4.78, 5) is 27.3. The van der Waals surface area contributed by atoms with Crippen LogP contribution in [-0.4, -0.2) is 39.3 Å². The van der Waals surface area contributed by atoms with E-state index < -0.39 is 0 Å². The van der Waals surface area contributed by atoms with E-state index in [-0.39, 0.29) is 23.9 Å². The Balaban J connectivity index is 1.54. The molecule has 1 aromatic heterocycles. The van der Waals surface area contributed by atoms with Crippen molar-refractivity contribution in [1.29, 1.82) is 5.41 Å². The highest BCUT2D eigenvalue weighted by Crippen LogP contribution is 2.23. The number of para-hydroxylation sites is 1. The molecule has 0 saturated carbocycles. The van der Waals surface area contributed by atoms with Gasteiger partial charge in [-0.1, -0.05) is 47.0 Å². The molecule has 0 fully saturated rings. The van der Waals surface area contributed by atoms with E-state index in [9.17, 15) is 9.59 Å². The molecule has 0 aliphatic rings. The Labute approximate surface area is 213 Å². The quantitative estimate of drug-likeness (QED) is 0.315. The van der Waals surface area contributed by atoms with Gasteiger partial charge in [0.1, 0.15) is 0 Å². The van der Waals surface area contributed by atoms with Gasteiger partial charge < -0.3 is 14.0 Å². The lowest BCUT2D eigenvalue weighted by Gasteiger charge is -2.17. The minimum atomic E-state index is -0.123. The third kappa shape index (κ3) is 5.34. The number of imidazole rings is 1. The summed E-state index contributed by atoms with van der Waals surface area (Å²) in [7, 11) is 1.77. The summed E-state index contributed by atoms with van der Waals surface area (Å²) in [5.74, 6) is -0.169. The van der Waals surface area contributed by atoms with Crippen molar-refractivity contribution in [2.45, 2.75) is 26.4 Å². The van der Waals surface area contributed by atoms with Gasteiger partial charge in [0.15, 0.2) is 5.78 Å². The zero-order chi connectivity index (χ0) is 25.1. The van der Waals surface area contributed by atoms with Crippen molar-refractivity contribution in [3.63, 3.8) is 0 Å². The van der Waals surface area contributed by atoms with Crippen molar-refractivity contribution in [3.8, 4) is 0 Å². The summed E-state index contributed by atoms with van der Waals surface area (Å²) in [5.41, 5.74) is 3.88. The van der Waals surface area contributed by atoms with Crippen LogP contribution in [0, 0.1) is 12.3 Å². The topological polar surface area (TPSA) is 71.1 Å². The van der Waals surface area contributed by atoms with Crippen LogP contribution in [0.3, 0.4) is 0 Å². The van der Waals surface area contributed by atoms with Crippen LogP contribution >= 0.6 is 23.2 Å². The van der Waals surface area contributed by atoms with Crippen LogP contribution in [0.5, 0.6) is 0 Å². The predicted molar refractivity (Wildman–Crippen MR) is 139 cm³/mol. The van der Waals surface area contributed by atoms with Gasteiger partial charge in [-0.2, -0.15) is 0 Å². The van der Waals surface area contributed by atoms with E-state index in [4.69, 9.17) is 28.6 Å². The standard InChI is InChI=1S/C27H26Cl2N4O2/c1-18-7-9-20(10-8-18)26(35)31(2)15-4-16-32-25-22(29)5-3-6-23(25)33(27(32)30)17-24(34)19-11-13-21(28)14-12-19/h3,5-14,30H,4,15-17H2,1-2H3. The second kappa shape index (κ2) is 10.5. The molecule has 180 valence electrons. The van der Waals surface area contributed by atoms with E-state index in [2.05, 4.69) is 0 Å². The summed E-state index contributed by atoms with van der Waals surface area (Å²) >= 11 is 12.5. The number of carbonyl (C=O) groups is 2. The van der Waals surface area contributed by atoms with Gasteiger partial charge >= 0.3 is 0 Å². The molecule has 8 heteroatoms. The molecule has 6 nitrogen and oxygen atoms in total. The molecule has 0 unspecified atom stereocenters. The number of fused-ring (bicyclic) bond motifs is 1. The molecule has 0 aliphatic heterocycles. The van der Waals surface area contributed by atoms with E-state index >= 15 is 0 Å². The van der Waals surface area contributed by atoms with Gasteiger partial charge in [-0.3, -0.25) is 15.0 Å². The fourth-order valence-corrected chi connectivity index (χ4v) is 4.48. The molecular weight excluding hydrogens is 483 g/mol. The Bertz CT molecular complexity index is 1440. The highest BCUT2D eigenvalue weighted by molar-refractivity contribution is 6.35. The van der Waals surface area contributed by atoms with E-state index in [0.29, 0.717) is 51.7 Å². The average Bonchev–Trinajstić information content (AvgIpc) is 3.11. The highest BCUT2D eigenvalue weighted by Gasteiger charge is 2.17. The molecule has 0 atom stereocenters. The Morgan fingerprint density at radius 1 is 0.914 bits per heavy atom. The number of aromatic nitrogens is 2. The van der Waals surface area contributed by atoms with Crippen molar-refractivity contribution in [2.75, 3.05) is 13.6 Å². The molecule has 4 aromatic rings. The fraction of sp³-hybridized carbons (Fsp3) is 0.222. The van der Waals surface area contributed by atoms with Crippen LogP contribution in [-0.2, 0) is 13.1 Å². The lowest BCUT2D eigenvalue weighted by molar-refractivity contribution is 0.0791. The zero-order valence-electron chi connectivity index (χ0n) is 19.6. The molecule has 0 bridgehead atoms. The predicted octanol–water partition coefficient (Wildman–Crippen LogP) is 5.58. The molecule has 1 N–H and O–H groups in total. The van der Waals surface area contributed by atoms with Crippen molar-refractivity contribution < 1.29 is 9.59 Å². The Morgan fingerprint density at radius 2 is 1.57 bits per heavy atom. The summed E-state index contributed by atoms with van der Waals surface area (Å²) in [6.07, 6.45) is 0.625. The fourth-order valence-electron chi connectivity index (χ4n) is 4.09. The van der Waals surface area contributed by atoms with Crippen LogP contribution in [0.25, 0.3) is 11.0 Å². The van der Waals surface area contributed by atoms with E-state index in [1.807, 2.05) is 43.3 Å². The van der Waals surface area contributed by atoms with E-state index in [1.54, 1.807) is 51.4 Å². The van der Waals surface area contributed by atoms with Crippen molar-refractivity contribution in [1.82, 2.24) is 14.0 Å². The summed E-state index contributed by atoms with van der Waals surface area (Å²) in [5, 5.41) is 9.87. The normalized spacial score (nSPS) is 11.1. The number of Topliss-reactive ketones (excluding diaryl/α,β-unsaturated/α-hetero) is 1. The average molecular weight is 509 g/mol. The van der Waals surface area contributed by atoms with Crippen LogP contribution in [0.2, 0.25) is 10.0 Å². The zero-order valence-corrected chi connectivity index (χ0v) is 21.1. The van der Waals surface area contributed by atoms with Crippen molar-refractivity contribution in [3.05, 3.63) is 99.1 Å². The van der Waals surface area contributed by atoms with Gasteiger partial charge in [0, 0.05) is 36.3 Å². The minimum absolute atomic E-state index is 0.0100. The van der Waals surface area contributed by atoms with E-state index in [0.717, 1.165) is 5.56 Å². The minimum Gasteiger partial charge on any atom is -0.342 e. The number of carbonyl (C=O) groups excluding carboxylic acids is 2. The van der Waals surface area contributed by atoms with Gasteiger partial charge in [0.05, 0.1) is 22.6 Å². The maximum Gasteiger partial charge on any atom is 0.253 e. The Morgan fingerprint density at radius 3 is 2.26 bits per heavy atom. The summed E-state index contributed by atoms with van der Waals surface area (Å²) in [6, 6.07) is 19.7. The molecular formula is C27H26Cl2N4O2. The lowest BCUT2D eigenvalue weighted by atomic mass is 10.1. The van der Waals surface area contributed by atoms with Crippen LogP contribution < -0.4 is 5.62 Å². The smallest absolute Gasteiger partial charge is 0.253 e. The highest BCUT2D eigenvalue weighted by atomic mass is 35.5. The Hall–Kier alpha value is -3.35. The molecule has 1 heterocycles. The first-order valence-electron chi connectivity index (χ1n) is 11.3. The van der Waals surface area contributed by atoms with Gasteiger partial charge in [-0.05, 0) is 61.9 Å². The number of ketones is 1. The number of hydrogen-bond donors (Lipinski definition) is 1. The molecule has 0 aliphatic carbocycles. The van der Waals surface area contributed by atoms with Gasteiger partial charge in [0.2, 0.25) is 5.62 Å². The second-order valence-corrected chi connectivity index (χ2v) is 9.39. The third-order valence-electron chi connectivity index (χ3n) is 6.03. The number of hydrogen-bond acceptors (Lipinski definition) is 3. The molecule has 0 spiro atoms. The van der Waals surface area contributed by atoms with Gasteiger partial charge in [-0.15, -0.1) is 0 Å². The molecule has 0 radical (unpaired) electrons. The number of benzene rings is 3. The number of nitrogens with zero attached hydrogens (tertiary/aromatic N) is 3. The number of nitrogens with one attached hydrogen (secondary N) is 1. The molecule has 3 aromatic carbocycles. The molecule has 4 rings (SSSR count). The molecule has 0 saturated heterocycles. The van der Waals surface area contributed by atoms with Gasteiger partial charge in [0.25, 0.3) is 5.91 Å². The SMILES string of the molecule is Cc1ccc(C(=O)N(C)CCCn2c(=N)n(CC(=O)c3ccc(Cl)cc3)c3cccc(Cl)c32)cc1. The van der Waals surface area contributed by atoms with Crippen LogP contribution in [0.1, 0.15) is 32.7 Å². The molecule has 1 amide bonds. The second-order valence-electron chi connectivity index (χ2n) is 8.55. The monoisotopic (exact) mass is 508 g/mol.